The lowest BCUT2D eigenvalue weighted by Gasteiger charge is -2.62. The average Bonchev–Trinajstić information content (AvgIpc) is 3.50. The van der Waals surface area contributed by atoms with Crippen LogP contribution in [-0.2, 0) is 43.2 Å². The van der Waals surface area contributed by atoms with Crippen LogP contribution in [0.15, 0.2) is 24.3 Å². The predicted molar refractivity (Wildman–Crippen MR) is 185 cm³/mol. The second-order valence-corrected chi connectivity index (χ2v) is 18.2. The van der Waals surface area contributed by atoms with Gasteiger partial charge in [-0.05, 0) is 112 Å². The summed E-state index contributed by atoms with van der Waals surface area (Å²) in [7, 11) is 0. The monoisotopic (exact) mass is 781 g/mol. The van der Waals surface area contributed by atoms with Crippen LogP contribution in [0.2, 0.25) is 0 Å². The molecule has 306 valence electrons. The minimum atomic E-state index is -4.84. The topological polar surface area (TPSA) is 121 Å². The zero-order chi connectivity index (χ0) is 38.7. The van der Waals surface area contributed by atoms with E-state index in [1.165, 1.54) is 12.1 Å². The lowest BCUT2D eigenvalue weighted by atomic mass is 9.56. The lowest BCUT2D eigenvalue weighted by Crippen LogP contribution is -2.72. The van der Waals surface area contributed by atoms with E-state index in [4.69, 9.17) is 43.2 Å². The average molecular weight is 782 g/mol. The number of carbonyl (C=O) groups is 1. The van der Waals surface area contributed by atoms with Crippen LogP contribution < -0.4 is 10.1 Å². The fourth-order valence-electron chi connectivity index (χ4n) is 12.1. The van der Waals surface area contributed by atoms with Gasteiger partial charge in [0.25, 0.3) is 0 Å². The molecule has 4 bridgehead atoms. The Labute approximate surface area is 319 Å². The molecule has 8 heterocycles. The number of fused-ring (bicyclic) bond motifs is 4. The number of nitrogens with one attached hydrogen (secondary N) is 1. The van der Waals surface area contributed by atoms with Crippen LogP contribution in [0.5, 0.6) is 5.75 Å². The number of amides is 1. The largest absolute Gasteiger partial charge is 0.573 e. The third-order valence-electron chi connectivity index (χ3n) is 14.9. The third kappa shape index (κ3) is 6.29. The summed E-state index contributed by atoms with van der Waals surface area (Å²) in [4.78, 5) is 38.7. The Morgan fingerprint density at radius 1 is 0.764 bits per heavy atom. The van der Waals surface area contributed by atoms with Crippen LogP contribution in [0.1, 0.15) is 99.3 Å². The van der Waals surface area contributed by atoms with Crippen molar-refractivity contribution in [3.05, 3.63) is 24.3 Å². The number of hydrogen-bond donors (Lipinski definition) is 1. The van der Waals surface area contributed by atoms with E-state index >= 15 is 0 Å². The van der Waals surface area contributed by atoms with Crippen molar-refractivity contribution in [2.75, 3.05) is 5.32 Å². The fraction of sp³-hybridized carbons (Fsp3) is 0.825. The molecule has 55 heavy (non-hydrogen) atoms. The molecule has 10 fully saturated rings. The van der Waals surface area contributed by atoms with Crippen molar-refractivity contribution in [2.45, 2.75) is 159 Å². The summed E-state index contributed by atoms with van der Waals surface area (Å²) in [5, 5.41) is 2.70. The van der Waals surface area contributed by atoms with Gasteiger partial charge < -0.3 is 28.4 Å². The normalized spacial score (nSPS) is 49.1. The van der Waals surface area contributed by atoms with Gasteiger partial charge in [-0.3, -0.25) is 5.32 Å². The van der Waals surface area contributed by atoms with Crippen LogP contribution in [0.4, 0.5) is 23.7 Å². The number of rotatable bonds is 6. The van der Waals surface area contributed by atoms with Crippen LogP contribution in [-0.4, -0.2) is 66.1 Å². The van der Waals surface area contributed by atoms with Crippen molar-refractivity contribution in [1.29, 1.82) is 0 Å². The van der Waals surface area contributed by atoms with Crippen molar-refractivity contribution in [1.82, 2.24) is 0 Å². The first-order valence-electron chi connectivity index (χ1n) is 20.3. The first-order chi connectivity index (χ1) is 26.0. The maximum atomic E-state index is 13.8. The van der Waals surface area contributed by atoms with Crippen molar-refractivity contribution >= 4 is 11.8 Å². The highest BCUT2D eigenvalue weighted by molar-refractivity contribution is 5.84. The maximum Gasteiger partial charge on any atom is 0.573 e. The van der Waals surface area contributed by atoms with E-state index in [2.05, 4.69) is 37.7 Å². The molecule has 17 atom stereocenters. The summed E-state index contributed by atoms with van der Waals surface area (Å²) in [5.41, 5.74) is -1.33. The summed E-state index contributed by atoms with van der Waals surface area (Å²) in [6, 6.07) is 4.91. The zero-order valence-electron chi connectivity index (χ0n) is 32.3. The highest BCUT2D eigenvalue weighted by Gasteiger charge is 2.72. The standard InChI is InChI=1S/C40H54F3NO11/c1-20-7-13-28-22(3)30(46-33-38(28)26(20)15-17-36(5,50-33)52-54-38)19-31(47-35(45)44-24-9-11-25(12-10-24)49-40(41,42)43)32-23(4)29-14-8-21(2)27-16-18-37(6)51-34(48-32)39(27,29)55-53-37/h9-12,20-23,26-34H,7-8,13-19H2,1-6H3,(H,44,45)/t20-,21-,22-,23-,26+,27+,28+,29+,30-,31+,32?,33-,34-,36+,37+,38-,39-/m1/s1. The summed E-state index contributed by atoms with van der Waals surface area (Å²) >= 11 is 0. The van der Waals surface area contributed by atoms with E-state index in [0.717, 1.165) is 50.7 Å². The minimum absolute atomic E-state index is 0.0181. The van der Waals surface area contributed by atoms with Crippen molar-refractivity contribution in [3.8, 4) is 5.75 Å². The van der Waals surface area contributed by atoms with Crippen molar-refractivity contribution in [2.24, 2.45) is 47.3 Å². The Morgan fingerprint density at radius 2 is 1.31 bits per heavy atom. The van der Waals surface area contributed by atoms with Crippen LogP contribution in [0, 0.1) is 47.3 Å². The molecular weight excluding hydrogens is 727 g/mol. The van der Waals surface area contributed by atoms with Gasteiger partial charge in [0, 0.05) is 36.8 Å². The summed E-state index contributed by atoms with van der Waals surface area (Å²) in [5.74, 6) is -1.34. The van der Waals surface area contributed by atoms with Crippen LogP contribution >= 0.6 is 0 Å². The molecular formula is C40H54F3NO11. The Morgan fingerprint density at radius 3 is 1.87 bits per heavy atom. The second kappa shape index (κ2) is 13.4. The quantitative estimate of drug-likeness (QED) is 0.280. The van der Waals surface area contributed by atoms with Gasteiger partial charge in [0.05, 0.1) is 6.10 Å². The van der Waals surface area contributed by atoms with Gasteiger partial charge in [0.2, 0.25) is 11.6 Å². The molecule has 8 aliphatic heterocycles. The summed E-state index contributed by atoms with van der Waals surface area (Å²) in [6.07, 6.45) is -1.69. The van der Waals surface area contributed by atoms with Gasteiger partial charge in [-0.2, -0.15) is 0 Å². The van der Waals surface area contributed by atoms with E-state index in [-0.39, 0.29) is 47.6 Å². The van der Waals surface area contributed by atoms with Crippen LogP contribution in [0.25, 0.3) is 0 Å². The first-order valence-corrected chi connectivity index (χ1v) is 20.3. The number of benzene rings is 1. The smallest absolute Gasteiger partial charge is 0.443 e. The van der Waals surface area contributed by atoms with Gasteiger partial charge in [-0.1, -0.05) is 27.7 Å². The van der Waals surface area contributed by atoms with Gasteiger partial charge in [0.15, 0.2) is 23.8 Å². The summed E-state index contributed by atoms with van der Waals surface area (Å²) < 4.78 is 76.1. The molecule has 1 amide bonds. The lowest BCUT2D eigenvalue weighted by molar-refractivity contribution is -0.573. The third-order valence-corrected chi connectivity index (χ3v) is 14.9. The number of ether oxygens (including phenoxy) is 6. The molecule has 2 saturated carbocycles. The number of anilines is 1. The second-order valence-electron chi connectivity index (χ2n) is 18.2. The molecule has 10 aliphatic rings. The van der Waals surface area contributed by atoms with Crippen molar-refractivity contribution < 1.29 is 65.9 Å². The van der Waals surface area contributed by atoms with E-state index in [0.29, 0.717) is 24.7 Å². The molecule has 15 heteroatoms. The SMILES string of the molecule is C[C@H]1[C@@H](C[C@H](OC(=O)Nc2ccc(OC(F)(F)F)cc2)C2O[C@@H]3O[C@]4(C)CC[C@H]5[C@H](C)CC[C@@H]([C@H]2C)[C@@]35OO4)O[C@@H]2O[C@]3(C)CC[C@H]4[C@H](C)CC[C@@H]1[C@@]24OO3. The molecule has 1 aromatic rings. The van der Waals surface area contributed by atoms with E-state index in [1.807, 2.05) is 13.8 Å². The highest BCUT2D eigenvalue weighted by Crippen LogP contribution is 2.63. The maximum absolute atomic E-state index is 13.8. The minimum Gasteiger partial charge on any atom is -0.443 e. The highest BCUT2D eigenvalue weighted by atomic mass is 19.4. The number of halogens is 3. The Hall–Kier alpha value is -2.24. The first kappa shape index (κ1) is 38.3. The summed E-state index contributed by atoms with van der Waals surface area (Å²) in [6.45, 7) is 12.6. The molecule has 1 aromatic carbocycles. The van der Waals surface area contributed by atoms with E-state index in [1.54, 1.807) is 0 Å². The Balaban J connectivity index is 1.02. The molecule has 8 saturated heterocycles. The number of alkyl halides is 3. The molecule has 1 unspecified atom stereocenters. The molecule has 1 N–H and O–H groups in total. The Bertz CT molecular complexity index is 1620. The molecule has 11 rings (SSSR count). The molecule has 0 radical (unpaired) electrons. The van der Waals surface area contributed by atoms with Crippen LogP contribution in [0.3, 0.4) is 0 Å². The fourth-order valence-corrected chi connectivity index (χ4v) is 12.1. The number of hydrogen-bond acceptors (Lipinski definition) is 11. The molecule has 0 aromatic heterocycles. The number of carbonyl (C=O) groups excluding carboxylic acids is 1. The van der Waals surface area contributed by atoms with Gasteiger partial charge in [-0.15, -0.1) is 13.2 Å². The van der Waals surface area contributed by atoms with E-state index < -0.39 is 71.9 Å². The van der Waals surface area contributed by atoms with Gasteiger partial charge >= 0.3 is 12.5 Å². The molecule has 12 nitrogen and oxygen atoms in total. The Kier molecular flexibility index (Phi) is 9.33. The van der Waals surface area contributed by atoms with E-state index in [9.17, 15) is 18.0 Å². The van der Waals surface area contributed by atoms with Gasteiger partial charge in [0.1, 0.15) is 18.0 Å². The van der Waals surface area contributed by atoms with Gasteiger partial charge in [-0.25, -0.2) is 24.3 Å². The molecule has 2 aliphatic carbocycles. The zero-order valence-corrected chi connectivity index (χ0v) is 32.3. The van der Waals surface area contributed by atoms with Crippen molar-refractivity contribution in [3.63, 3.8) is 0 Å². The molecule has 2 spiro atoms. The predicted octanol–water partition coefficient (Wildman–Crippen LogP) is 8.39.